The molecule has 7 nitrogen and oxygen atoms in total. The molecule has 2 aliphatic rings. The lowest BCUT2D eigenvalue weighted by Crippen LogP contribution is -2.28. The first-order valence-corrected chi connectivity index (χ1v) is 10.3. The number of benzene rings is 2. The average molecular weight is 401 g/mol. The third-order valence-corrected chi connectivity index (χ3v) is 5.85. The van der Waals surface area contributed by atoms with Crippen LogP contribution >= 0.6 is 0 Å². The van der Waals surface area contributed by atoms with Crippen molar-refractivity contribution in [1.82, 2.24) is 14.8 Å². The molecule has 30 heavy (non-hydrogen) atoms. The molecule has 2 heterocycles. The van der Waals surface area contributed by atoms with E-state index in [1.165, 1.54) is 17.5 Å². The number of carbonyl (C=O) groups excluding carboxylic acids is 2. The van der Waals surface area contributed by atoms with Gasteiger partial charge in [-0.1, -0.05) is 36.4 Å². The molecule has 0 saturated carbocycles. The molecular weight excluding hydrogens is 378 g/mol. The molecule has 2 amide bonds. The van der Waals surface area contributed by atoms with E-state index in [-0.39, 0.29) is 24.2 Å². The average Bonchev–Trinajstić information content (AvgIpc) is 3.48. The number of fused-ring (bicyclic) bond motifs is 1. The summed E-state index contributed by atoms with van der Waals surface area (Å²) in [5, 5.41) is 7.09. The Balaban J connectivity index is 1.22. The molecule has 1 fully saturated rings. The fraction of sp³-hybridized carbons (Fsp3) is 0.304. The Morgan fingerprint density at radius 1 is 1.10 bits per heavy atom. The molecule has 3 aromatic rings. The third-order valence-electron chi connectivity index (χ3n) is 5.85. The Hall–Kier alpha value is -3.48. The summed E-state index contributed by atoms with van der Waals surface area (Å²) in [5.74, 6) is -0.383. The highest BCUT2D eigenvalue weighted by Gasteiger charge is 2.35. The van der Waals surface area contributed by atoms with Crippen LogP contribution in [0.15, 0.2) is 54.9 Å². The van der Waals surface area contributed by atoms with Crippen LogP contribution in [-0.2, 0) is 29.0 Å². The van der Waals surface area contributed by atoms with Crippen molar-refractivity contribution in [1.29, 1.82) is 0 Å². The molecule has 5 rings (SSSR count). The molecule has 1 aliphatic heterocycles. The number of nitrogens with zero attached hydrogens (tertiary/aromatic N) is 4. The molecule has 0 bridgehead atoms. The topological polar surface area (TPSA) is 80.1 Å². The van der Waals surface area contributed by atoms with E-state index in [0.29, 0.717) is 13.1 Å². The van der Waals surface area contributed by atoms with Crippen LogP contribution in [-0.4, -0.2) is 33.1 Å². The van der Waals surface area contributed by atoms with Gasteiger partial charge in [0.1, 0.15) is 6.33 Å². The van der Waals surface area contributed by atoms with Crippen molar-refractivity contribution in [3.8, 4) is 0 Å². The van der Waals surface area contributed by atoms with Gasteiger partial charge in [-0.2, -0.15) is 0 Å². The second kappa shape index (κ2) is 7.74. The first-order valence-electron chi connectivity index (χ1n) is 10.3. The van der Waals surface area contributed by atoms with Crippen molar-refractivity contribution in [2.45, 2.75) is 32.2 Å². The van der Waals surface area contributed by atoms with Crippen LogP contribution in [0.4, 0.5) is 11.6 Å². The van der Waals surface area contributed by atoms with E-state index in [9.17, 15) is 9.59 Å². The van der Waals surface area contributed by atoms with Gasteiger partial charge in [-0.25, -0.2) is 9.67 Å². The maximum absolute atomic E-state index is 12.7. The SMILES string of the molecule is O=C(Nc1ncn(Cc2ccccc2)n1)C1CC(=O)N(c2ccc3c(c2)CCC3)C1. The first kappa shape index (κ1) is 18.5. The number of hydrogen-bond donors (Lipinski definition) is 1. The monoisotopic (exact) mass is 401 g/mol. The van der Waals surface area contributed by atoms with E-state index in [1.807, 2.05) is 36.4 Å². The van der Waals surface area contributed by atoms with E-state index >= 15 is 0 Å². The van der Waals surface area contributed by atoms with Gasteiger partial charge in [0.2, 0.25) is 17.8 Å². The normalized spacial score (nSPS) is 17.9. The molecule has 0 spiro atoms. The maximum Gasteiger partial charge on any atom is 0.248 e. The molecular formula is C23H23N5O2. The summed E-state index contributed by atoms with van der Waals surface area (Å²) in [6.45, 7) is 0.964. The molecule has 2 aromatic carbocycles. The summed E-state index contributed by atoms with van der Waals surface area (Å²) in [6, 6.07) is 16.1. The number of hydrogen-bond acceptors (Lipinski definition) is 4. The second-order valence-corrected chi connectivity index (χ2v) is 7.95. The predicted molar refractivity (Wildman–Crippen MR) is 113 cm³/mol. The lowest BCUT2D eigenvalue weighted by molar-refractivity contribution is -0.122. The van der Waals surface area contributed by atoms with E-state index < -0.39 is 5.92 Å². The smallest absolute Gasteiger partial charge is 0.248 e. The standard InChI is InChI=1S/C23H23N5O2/c29-21-12-19(14-28(21)20-10-9-17-7-4-8-18(17)11-20)22(30)25-23-24-15-27(26-23)13-16-5-2-1-3-6-16/h1-3,5-6,9-11,15,19H,4,7-8,12-14H2,(H,25,26,30). The molecule has 1 aromatic heterocycles. The Labute approximate surface area is 174 Å². The maximum atomic E-state index is 12.7. The zero-order valence-corrected chi connectivity index (χ0v) is 16.6. The Bertz CT molecular complexity index is 1090. The van der Waals surface area contributed by atoms with Gasteiger partial charge in [0.15, 0.2) is 0 Å². The zero-order valence-electron chi connectivity index (χ0n) is 16.6. The summed E-state index contributed by atoms with van der Waals surface area (Å²) in [5.41, 5.74) is 4.69. The van der Waals surface area contributed by atoms with Gasteiger partial charge in [-0.15, -0.1) is 5.10 Å². The van der Waals surface area contributed by atoms with Crippen LogP contribution in [0.5, 0.6) is 0 Å². The fourth-order valence-electron chi connectivity index (χ4n) is 4.27. The van der Waals surface area contributed by atoms with Gasteiger partial charge < -0.3 is 4.90 Å². The van der Waals surface area contributed by atoms with Crippen LogP contribution in [0, 0.1) is 5.92 Å². The van der Waals surface area contributed by atoms with E-state index in [1.54, 1.807) is 15.9 Å². The van der Waals surface area contributed by atoms with Gasteiger partial charge >= 0.3 is 0 Å². The number of aryl methyl sites for hydroxylation is 2. The van der Waals surface area contributed by atoms with Crippen molar-refractivity contribution in [2.24, 2.45) is 5.92 Å². The highest BCUT2D eigenvalue weighted by molar-refractivity contribution is 6.03. The first-order chi connectivity index (χ1) is 14.7. The van der Waals surface area contributed by atoms with Crippen LogP contribution in [0.2, 0.25) is 0 Å². The van der Waals surface area contributed by atoms with Gasteiger partial charge in [0.05, 0.1) is 12.5 Å². The fourth-order valence-corrected chi connectivity index (χ4v) is 4.27. The second-order valence-electron chi connectivity index (χ2n) is 7.95. The van der Waals surface area contributed by atoms with Gasteiger partial charge in [0.25, 0.3) is 0 Å². The number of carbonyl (C=O) groups is 2. The number of anilines is 2. The largest absolute Gasteiger partial charge is 0.312 e. The van der Waals surface area contributed by atoms with Crippen molar-refractivity contribution >= 4 is 23.5 Å². The summed E-state index contributed by atoms with van der Waals surface area (Å²) in [4.78, 5) is 31.2. The number of aromatic nitrogens is 3. The summed E-state index contributed by atoms with van der Waals surface area (Å²) in [6.07, 6.45) is 5.14. The van der Waals surface area contributed by atoms with Gasteiger partial charge in [0, 0.05) is 18.7 Å². The molecule has 152 valence electrons. The Morgan fingerprint density at radius 2 is 1.93 bits per heavy atom. The van der Waals surface area contributed by atoms with Crippen molar-refractivity contribution in [3.63, 3.8) is 0 Å². The van der Waals surface area contributed by atoms with Crippen molar-refractivity contribution in [2.75, 3.05) is 16.8 Å². The van der Waals surface area contributed by atoms with Crippen LogP contribution < -0.4 is 10.2 Å². The van der Waals surface area contributed by atoms with Crippen LogP contribution in [0.3, 0.4) is 0 Å². The molecule has 1 unspecified atom stereocenters. The molecule has 7 heteroatoms. The molecule has 1 saturated heterocycles. The minimum absolute atomic E-state index is 0.0179. The number of rotatable bonds is 5. The summed E-state index contributed by atoms with van der Waals surface area (Å²) < 4.78 is 1.68. The third kappa shape index (κ3) is 3.70. The molecule has 1 aliphatic carbocycles. The molecule has 1 N–H and O–H groups in total. The Morgan fingerprint density at radius 3 is 2.80 bits per heavy atom. The van der Waals surface area contributed by atoms with Gasteiger partial charge in [-0.05, 0) is 48.1 Å². The van der Waals surface area contributed by atoms with E-state index in [0.717, 1.165) is 24.1 Å². The highest BCUT2D eigenvalue weighted by atomic mass is 16.2. The lowest BCUT2D eigenvalue weighted by atomic mass is 10.1. The van der Waals surface area contributed by atoms with E-state index in [2.05, 4.69) is 27.5 Å². The summed E-state index contributed by atoms with van der Waals surface area (Å²) >= 11 is 0. The van der Waals surface area contributed by atoms with E-state index in [4.69, 9.17) is 0 Å². The minimum Gasteiger partial charge on any atom is -0.312 e. The number of nitrogens with one attached hydrogen (secondary N) is 1. The predicted octanol–water partition coefficient (Wildman–Crippen LogP) is 2.81. The summed E-state index contributed by atoms with van der Waals surface area (Å²) in [7, 11) is 0. The molecule has 0 radical (unpaired) electrons. The highest BCUT2D eigenvalue weighted by Crippen LogP contribution is 2.30. The molecule has 1 atom stereocenters. The quantitative estimate of drug-likeness (QED) is 0.713. The van der Waals surface area contributed by atoms with Crippen LogP contribution in [0.25, 0.3) is 0 Å². The van der Waals surface area contributed by atoms with Crippen LogP contribution in [0.1, 0.15) is 29.5 Å². The lowest BCUT2D eigenvalue weighted by Gasteiger charge is -2.17. The Kier molecular flexibility index (Phi) is 4.78. The minimum atomic E-state index is -0.410. The van der Waals surface area contributed by atoms with Crippen molar-refractivity contribution < 1.29 is 9.59 Å². The number of amides is 2. The van der Waals surface area contributed by atoms with Crippen molar-refractivity contribution in [3.05, 3.63) is 71.5 Å². The van der Waals surface area contributed by atoms with Gasteiger partial charge in [-0.3, -0.25) is 14.9 Å². The zero-order chi connectivity index (χ0) is 20.5.